The lowest BCUT2D eigenvalue weighted by molar-refractivity contribution is 0.433. The molecule has 9 aromatic carbocycles. The van der Waals surface area contributed by atoms with Gasteiger partial charge < -0.3 is 9.64 Å². The van der Waals surface area contributed by atoms with Crippen LogP contribution in [-0.2, 0) is 10.8 Å². The van der Waals surface area contributed by atoms with Crippen LogP contribution in [0.4, 0.5) is 17.1 Å². The highest BCUT2D eigenvalue weighted by atomic mass is 16.5. The van der Waals surface area contributed by atoms with Crippen LogP contribution < -0.4 is 9.64 Å². The first-order valence-electron chi connectivity index (χ1n) is 26.1. The van der Waals surface area contributed by atoms with Crippen molar-refractivity contribution in [3.8, 4) is 33.8 Å². The van der Waals surface area contributed by atoms with E-state index in [1.54, 1.807) is 0 Å². The maximum Gasteiger partial charge on any atom is 0.132 e. The molecule has 9 aromatic rings. The summed E-state index contributed by atoms with van der Waals surface area (Å²) in [4.78, 5) is 2.49. The predicted octanol–water partition coefficient (Wildman–Crippen LogP) is 18.1. The molecule has 0 bridgehead atoms. The molecule has 1 heterocycles. The Kier molecular flexibility index (Phi) is 9.87. The van der Waals surface area contributed by atoms with E-state index in [0.717, 1.165) is 28.6 Å². The minimum Gasteiger partial charge on any atom is -0.457 e. The van der Waals surface area contributed by atoms with Gasteiger partial charge in [-0.2, -0.15) is 0 Å². The monoisotopic (exact) mass is 903 g/mol. The Hall–Kier alpha value is -7.42. The van der Waals surface area contributed by atoms with Crippen molar-refractivity contribution in [2.75, 3.05) is 4.90 Å². The van der Waals surface area contributed by atoms with Crippen LogP contribution in [0.1, 0.15) is 132 Å². The van der Waals surface area contributed by atoms with Gasteiger partial charge in [0.2, 0.25) is 0 Å². The lowest BCUT2D eigenvalue weighted by atomic mass is 9.65. The maximum atomic E-state index is 7.14. The zero-order valence-electron chi connectivity index (χ0n) is 39.8. The molecule has 2 heteroatoms. The second-order valence-electron chi connectivity index (χ2n) is 20.7. The summed E-state index contributed by atoms with van der Waals surface area (Å²) in [5.41, 5.74) is 20.9. The molecule has 0 aromatic heterocycles. The molecule has 0 unspecified atom stereocenters. The van der Waals surface area contributed by atoms with E-state index in [0.29, 0.717) is 11.8 Å². The first kappa shape index (κ1) is 41.5. The molecule has 0 radical (unpaired) electrons. The molecule has 0 atom stereocenters. The third-order valence-electron chi connectivity index (χ3n) is 17.2. The fourth-order valence-corrected chi connectivity index (χ4v) is 14.1. The summed E-state index contributed by atoms with van der Waals surface area (Å²) < 4.78 is 7.14. The molecular formula is C68H57NO. The Morgan fingerprint density at radius 2 is 0.757 bits per heavy atom. The van der Waals surface area contributed by atoms with Gasteiger partial charge in [0.15, 0.2) is 0 Å². The third-order valence-corrected chi connectivity index (χ3v) is 17.2. The van der Waals surface area contributed by atoms with Crippen LogP contribution in [0.3, 0.4) is 0 Å². The number of benzene rings is 9. The number of hydrogen-bond acceptors (Lipinski definition) is 2. The van der Waals surface area contributed by atoms with Crippen molar-refractivity contribution < 1.29 is 4.74 Å². The molecule has 1 spiro atoms. The van der Waals surface area contributed by atoms with Crippen LogP contribution in [0.15, 0.2) is 212 Å². The summed E-state index contributed by atoms with van der Waals surface area (Å²) in [5.74, 6) is 3.04. The van der Waals surface area contributed by atoms with Gasteiger partial charge in [-0.15, -0.1) is 0 Å². The molecule has 340 valence electrons. The van der Waals surface area contributed by atoms with Crippen LogP contribution in [0.5, 0.6) is 11.5 Å². The number of nitrogens with zero attached hydrogens (tertiary/aromatic N) is 1. The second kappa shape index (κ2) is 16.6. The zero-order valence-corrected chi connectivity index (χ0v) is 39.8. The standard InChI is InChI=1S/C68H57NO/c1-6-20-46(21-7-1)48-34-38-56-57-39-35-49(47-22-8-2-9-23-47)43-62(57)68(61(56)42-48)60-32-18-19-33-65(60)70-66-41-37-54(45-64(66)68)69(52-28-14-5-15-29-52)53-36-40-58-55-30-16-17-31-59(55)67(63(58)44-53,50-24-10-3-11-25-50)51-26-12-4-13-27-51/h3-5,10-19,24-47H,1-2,6-9,20-23H2. The van der Waals surface area contributed by atoms with E-state index in [2.05, 4.69) is 217 Å². The first-order chi connectivity index (χ1) is 34.7. The molecular weight excluding hydrogens is 847 g/mol. The lowest BCUT2D eigenvalue weighted by Crippen LogP contribution is -2.33. The molecule has 2 fully saturated rings. The Balaban J connectivity index is 1.02. The summed E-state index contributed by atoms with van der Waals surface area (Å²) in [5, 5.41) is 0. The highest BCUT2D eigenvalue weighted by Gasteiger charge is 2.52. The summed E-state index contributed by atoms with van der Waals surface area (Å²) in [6.07, 6.45) is 13.0. The number of para-hydroxylation sites is 2. The highest BCUT2D eigenvalue weighted by Crippen LogP contribution is 2.64. The van der Waals surface area contributed by atoms with Crippen molar-refractivity contribution in [2.45, 2.75) is 86.9 Å². The van der Waals surface area contributed by atoms with E-state index >= 15 is 0 Å². The largest absolute Gasteiger partial charge is 0.457 e. The van der Waals surface area contributed by atoms with E-state index in [1.165, 1.54) is 142 Å². The molecule has 0 saturated heterocycles. The summed E-state index contributed by atoms with van der Waals surface area (Å²) in [6, 6.07) is 80.8. The van der Waals surface area contributed by atoms with E-state index < -0.39 is 10.8 Å². The average Bonchev–Trinajstić information content (AvgIpc) is 3.90. The molecule has 4 aliphatic carbocycles. The van der Waals surface area contributed by atoms with Crippen molar-refractivity contribution in [3.63, 3.8) is 0 Å². The minimum absolute atomic E-state index is 0.520. The Bertz CT molecular complexity index is 3330. The van der Waals surface area contributed by atoms with Gasteiger partial charge in [0.05, 0.1) is 10.8 Å². The van der Waals surface area contributed by atoms with Crippen LogP contribution in [0.25, 0.3) is 22.3 Å². The molecule has 0 N–H and O–H groups in total. The fourth-order valence-electron chi connectivity index (χ4n) is 14.1. The van der Waals surface area contributed by atoms with Gasteiger partial charge in [-0.3, -0.25) is 0 Å². The maximum absolute atomic E-state index is 7.14. The van der Waals surface area contributed by atoms with Gasteiger partial charge >= 0.3 is 0 Å². The van der Waals surface area contributed by atoms with Crippen molar-refractivity contribution >= 4 is 17.1 Å². The Morgan fingerprint density at radius 1 is 0.314 bits per heavy atom. The van der Waals surface area contributed by atoms with Crippen LogP contribution in [0.2, 0.25) is 0 Å². The van der Waals surface area contributed by atoms with Crippen LogP contribution >= 0.6 is 0 Å². The zero-order chi connectivity index (χ0) is 46.2. The van der Waals surface area contributed by atoms with Gasteiger partial charge in [-0.05, 0) is 153 Å². The van der Waals surface area contributed by atoms with Gasteiger partial charge in [-0.25, -0.2) is 0 Å². The van der Waals surface area contributed by atoms with Crippen molar-refractivity contribution in [3.05, 3.63) is 268 Å². The molecule has 70 heavy (non-hydrogen) atoms. The van der Waals surface area contributed by atoms with Gasteiger partial charge in [0.1, 0.15) is 11.5 Å². The molecule has 2 saturated carbocycles. The smallest absolute Gasteiger partial charge is 0.132 e. The van der Waals surface area contributed by atoms with Crippen molar-refractivity contribution in [1.82, 2.24) is 0 Å². The minimum atomic E-state index is -0.585. The quantitative estimate of drug-likeness (QED) is 0.158. The molecule has 0 amide bonds. The summed E-state index contributed by atoms with van der Waals surface area (Å²) >= 11 is 0. The summed E-state index contributed by atoms with van der Waals surface area (Å²) in [6.45, 7) is 0. The fraction of sp³-hybridized carbons (Fsp3) is 0.206. The van der Waals surface area contributed by atoms with Crippen LogP contribution in [0, 0.1) is 0 Å². The predicted molar refractivity (Wildman–Crippen MR) is 287 cm³/mol. The molecule has 2 nitrogen and oxygen atoms in total. The molecule has 14 rings (SSSR count). The van der Waals surface area contributed by atoms with E-state index in [4.69, 9.17) is 4.74 Å². The number of fused-ring (bicyclic) bond motifs is 12. The third kappa shape index (κ3) is 6.18. The first-order valence-corrected chi connectivity index (χ1v) is 26.1. The Labute approximate surface area is 413 Å². The SMILES string of the molecule is c1ccc(N(c2ccc3c(c2)C2(c4ccccc4O3)c3cc(C4CCCCC4)ccc3-c3ccc(C4CCCCC4)cc32)c2ccc3c(c2)C(c2ccccc2)(c2ccccc2)c2ccccc2-3)cc1. The lowest BCUT2D eigenvalue weighted by Gasteiger charge is -2.41. The number of anilines is 3. The van der Waals surface area contributed by atoms with Gasteiger partial charge in [0, 0.05) is 28.2 Å². The van der Waals surface area contributed by atoms with Gasteiger partial charge in [0.25, 0.3) is 0 Å². The van der Waals surface area contributed by atoms with E-state index in [-0.39, 0.29) is 0 Å². The van der Waals surface area contributed by atoms with E-state index in [1.807, 2.05) is 0 Å². The van der Waals surface area contributed by atoms with Crippen molar-refractivity contribution in [1.29, 1.82) is 0 Å². The summed E-state index contributed by atoms with van der Waals surface area (Å²) in [7, 11) is 0. The number of ether oxygens (including phenoxy) is 1. The molecule has 5 aliphatic rings. The number of rotatable bonds is 7. The normalized spacial score (nSPS) is 17.1. The second-order valence-corrected chi connectivity index (χ2v) is 20.7. The molecule has 1 aliphatic heterocycles. The average molecular weight is 904 g/mol. The number of hydrogen-bond donors (Lipinski definition) is 0. The van der Waals surface area contributed by atoms with Gasteiger partial charge in [-0.1, -0.05) is 202 Å². The van der Waals surface area contributed by atoms with E-state index in [9.17, 15) is 0 Å². The highest BCUT2D eigenvalue weighted by molar-refractivity contribution is 5.92. The topological polar surface area (TPSA) is 12.5 Å². The van der Waals surface area contributed by atoms with Crippen LogP contribution in [-0.4, -0.2) is 0 Å². The van der Waals surface area contributed by atoms with Crippen molar-refractivity contribution in [2.24, 2.45) is 0 Å². The Morgan fingerprint density at radius 3 is 1.36 bits per heavy atom.